The van der Waals surface area contributed by atoms with Crippen molar-refractivity contribution in [2.45, 2.75) is 49.9 Å². The molecule has 0 saturated heterocycles. The summed E-state index contributed by atoms with van der Waals surface area (Å²) in [4.78, 5) is 4.96. The third-order valence-corrected chi connectivity index (χ3v) is 5.46. The summed E-state index contributed by atoms with van der Waals surface area (Å²) in [5.74, 6) is 2.60. The lowest BCUT2D eigenvalue weighted by Gasteiger charge is -2.27. The molecule has 0 amide bonds. The Morgan fingerprint density at radius 3 is 2.29 bits per heavy atom. The molecular weight excluding hydrogens is 296 g/mol. The van der Waals surface area contributed by atoms with Crippen molar-refractivity contribution in [1.29, 1.82) is 5.26 Å². The highest BCUT2D eigenvalue weighted by Crippen LogP contribution is 2.46. The van der Waals surface area contributed by atoms with Crippen molar-refractivity contribution < 1.29 is 4.74 Å². The Balaban J connectivity index is 1.58. The molecule has 2 fully saturated rings. The molecule has 5 rings (SSSR count). The summed E-state index contributed by atoms with van der Waals surface area (Å²) < 4.78 is 5.83. The molecule has 3 aliphatic rings. The van der Waals surface area contributed by atoms with Gasteiger partial charge in [0.1, 0.15) is 5.75 Å². The van der Waals surface area contributed by atoms with E-state index in [1.807, 2.05) is 12.1 Å². The van der Waals surface area contributed by atoms with Crippen molar-refractivity contribution in [2.75, 3.05) is 6.61 Å². The minimum Gasteiger partial charge on any atom is -0.493 e. The lowest BCUT2D eigenvalue weighted by molar-refractivity contribution is 0.277. The highest BCUT2D eigenvalue weighted by molar-refractivity contribution is 5.49. The predicted molar refractivity (Wildman–Crippen MR) is 91.3 cm³/mol. The lowest BCUT2D eigenvalue weighted by atomic mass is 9.85. The summed E-state index contributed by atoms with van der Waals surface area (Å²) in [7, 11) is 0. The predicted octanol–water partition coefficient (Wildman–Crippen LogP) is 4.62. The van der Waals surface area contributed by atoms with Crippen molar-refractivity contribution in [3.05, 3.63) is 58.4 Å². The fraction of sp³-hybridized carbons (Fsp3) is 0.429. The third kappa shape index (κ3) is 2.47. The first-order chi connectivity index (χ1) is 11.8. The molecule has 2 aliphatic carbocycles. The molecule has 1 aromatic carbocycles. The van der Waals surface area contributed by atoms with Gasteiger partial charge >= 0.3 is 0 Å². The van der Waals surface area contributed by atoms with Crippen LogP contribution in [0.2, 0.25) is 0 Å². The van der Waals surface area contributed by atoms with Crippen LogP contribution in [-0.2, 0) is 0 Å². The molecule has 24 heavy (non-hydrogen) atoms. The van der Waals surface area contributed by atoms with E-state index in [1.165, 1.54) is 48.2 Å². The van der Waals surface area contributed by atoms with Crippen molar-refractivity contribution in [3.63, 3.8) is 0 Å². The highest BCUT2D eigenvalue weighted by Gasteiger charge is 2.32. The van der Waals surface area contributed by atoms with Crippen LogP contribution in [0.5, 0.6) is 5.75 Å². The maximum absolute atomic E-state index is 9.12. The molecule has 3 heteroatoms. The van der Waals surface area contributed by atoms with E-state index in [2.05, 4.69) is 24.3 Å². The monoisotopic (exact) mass is 316 g/mol. The van der Waals surface area contributed by atoms with E-state index in [1.54, 1.807) is 0 Å². The van der Waals surface area contributed by atoms with Crippen LogP contribution in [0.15, 0.2) is 30.3 Å². The summed E-state index contributed by atoms with van der Waals surface area (Å²) in [6.07, 6.45) is 6.15. The molecule has 3 nitrogen and oxygen atoms in total. The largest absolute Gasteiger partial charge is 0.493 e. The summed E-state index contributed by atoms with van der Waals surface area (Å²) >= 11 is 0. The van der Waals surface area contributed by atoms with E-state index in [4.69, 9.17) is 15.0 Å². The van der Waals surface area contributed by atoms with Crippen LogP contribution >= 0.6 is 0 Å². The Morgan fingerprint density at radius 1 is 0.958 bits per heavy atom. The standard InChI is InChI=1S/C21H20N2O/c22-12-13-1-6-18-17(7-8-24-21(18)9-13)16-10-19(14-2-3-14)23-20(11-16)15-4-5-15/h1,6,9-11,14-15,17H,2-5,7-8H2. The number of pyridine rings is 1. The smallest absolute Gasteiger partial charge is 0.124 e. The van der Waals surface area contributed by atoms with Gasteiger partial charge in [0.2, 0.25) is 0 Å². The molecule has 1 aromatic heterocycles. The maximum atomic E-state index is 9.12. The molecule has 0 N–H and O–H groups in total. The second-order valence-electron chi connectivity index (χ2n) is 7.35. The van der Waals surface area contributed by atoms with Crippen molar-refractivity contribution in [3.8, 4) is 11.8 Å². The molecule has 0 spiro atoms. The van der Waals surface area contributed by atoms with Crippen LogP contribution in [0.25, 0.3) is 0 Å². The van der Waals surface area contributed by atoms with Gasteiger partial charge in [0, 0.05) is 34.7 Å². The Labute approximate surface area is 142 Å². The minimum atomic E-state index is 0.361. The van der Waals surface area contributed by atoms with Crippen molar-refractivity contribution >= 4 is 0 Å². The summed E-state index contributed by atoms with van der Waals surface area (Å²) in [5.41, 5.74) is 5.88. The molecule has 0 radical (unpaired) electrons. The van der Waals surface area contributed by atoms with Crippen LogP contribution in [0.1, 0.15) is 77.9 Å². The van der Waals surface area contributed by atoms with Gasteiger partial charge in [-0.25, -0.2) is 0 Å². The second kappa shape index (κ2) is 5.34. The minimum absolute atomic E-state index is 0.361. The van der Waals surface area contributed by atoms with Crippen LogP contribution in [0, 0.1) is 11.3 Å². The molecule has 0 bridgehead atoms. The molecule has 2 aromatic rings. The molecule has 1 aliphatic heterocycles. The van der Waals surface area contributed by atoms with Crippen molar-refractivity contribution in [2.24, 2.45) is 0 Å². The maximum Gasteiger partial charge on any atom is 0.124 e. The number of rotatable bonds is 3. The number of nitrogens with zero attached hydrogens (tertiary/aromatic N) is 2. The number of benzene rings is 1. The number of hydrogen-bond acceptors (Lipinski definition) is 3. The molecule has 1 unspecified atom stereocenters. The fourth-order valence-corrected chi connectivity index (χ4v) is 3.78. The van der Waals surface area contributed by atoms with Crippen LogP contribution < -0.4 is 4.74 Å². The van der Waals surface area contributed by atoms with Gasteiger partial charge in [0.25, 0.3) is 0 Å². The summed E-state index contributed by atoms with van der Waals surface area (Å²) in [5, 5.41) is 9.12. The van der Waals surface area contributed by atoms with Gasteiger partial charge in [-0.15, -0.1) is 0 Å². The summed E-state index contributed by atoms with van der Waals surface area (Å²) in [6.45, 7) is 0.715. The number of nitriles is 1. The number of ether oxygens (including phenoxy) is 1. The van der Waals surface area contributed by atoms with Gasteiger partial charge in [-0.3, -0.25) is 4.98 Å². The first kappa shape index (κ1) is 14.0. The van der Waals surface area contributed by atoms with E-state index < -0.39 is 0 Å². The molecular formula is C21H20N2O. The molecule has 120 valence electrons. The van der Waals surface area contributed by atoms with E-state index >= 15 is 0 Å². The Bertz CT molecular complexity index is 813. The first-order valence-corrected chi connectivity index (χ1v) is 9.00. The average molecular weight is 316 g/mol. The highest BCUT2D eigenvalue weighted by atomic mass is 16.5. The van der Waals surface area contributed by atoms with Crippen LogP contribution in [-0.4, -0.2) is 11.6 Å². The average Bonchev–Trinajstić information content (AvgIpc) is 3.51. The van der Waals surface area contributed by atoms with Gasteiger partial charge < -0.3 is 4.74 Å². The van der Waals surface area contributed by atoms with Gasteiger partial charge in [0.15, 0.2) is 0 Å². The molecule has 2 saturated carbocycles. The van der Waals surface area contributed by atoms with Gasteiger partial charge in [0.05, 0.1) is 18.2 Å². The zero-order valence-corrected chi connectivity index (χ0v) is 13.7. The molecule has 1 atom stereocenters. The lowest BCUT2D eigenvalue weighted by Crippen LogP contribution is -2.16. The van der Waals surface area contributed by atoms with Crippen LogP contribution in [0.3, 0.4) is 0 Å². The van der Waals surface area contributed by atoms with Crippen molar-refractivity contribution in [1.82, 2.24) is 4.98 Å². The van der Waals surface area contributed by atoms with E-state index in [9.17, 15) is 0 Å². The van der Waals surface area contributed by atoms with Gasteiger partial charge in [-0.2, -0.15) is 5.26 Å². The van der Waals surface area contributed by atoms with E-state index in [0.717, 1.165) is 12.2 Å². The van der Waals surface area contributed by atoms with Gasteiger partial charge in [-0.1, -0.05) is 6.07 Å². The number of hydrogen-bond donors (Lipinski definition) is 0. The normalized spacial score (nSPS) is 22.4. The third-order valence-electron chi connectivity index (χ3n) is 5.46. The topological polar surface area (TPSA) is 45.9 Å². The Morgan fingerprint density at radius 2 is 1.67 bits per heavy atom. The SMILES string of the molecule is N#Cc1ccc2c(c1)OCCC2c1cc(C2CC2)nc(C2CC2)c1. The second-order valence-corrected chi connectivity index (χ2v) is 7.35. The number of fused-ring (bicyclic) bond motifs is 1. The Hall–Kier alpha value is -2.34. The zero-order valence-electron chi connectivity index (χ0n) is 13.7. The fourth-order valence-electron chi connectivity index (χ4n) is 3.78. The Kier molecular flexibility index (Phi) is 3.13. The van der Waals surface area contributed by atoms with E-state index in [-0.39, 0.29) is 0 Å². The van der Waals surface area contributed by atoms with E-state index in [0.29, 0.717) is 29.9 Å². The summed E-state index contributed by atoms with van der Waals surface area (Å²) in [6, 6.07) is 12.7. The van der Waals surface area contributed by atoms with Gasteiger partial charge in [-0.05, 0) is 61.9 Å². The van der Waals surface area contributed by atoms with Crippen LogP contribution in [0.4, 0.5) is 0 Å². The first-order valence-electron chi connectivity index (χ1n) is 9.00. The zero-order chi connectivity index (χ0) is 16.1. The quantitative estimate of drug-likeness (QED) is 0.830. The molecule has 2 heterocycles. The number of aromatic nitrogens is 1.